The summed E-state index contributed by atoms with van der Waals surface area (Å²) < 4.78 is 10.7. The number of rotatable bonds is 35. The lowest BCUT2D eigenvalue weighted by atomic mass is 10.1. The van der Waals surface area contributed by atoms with Gasteiger partial charge in [-0.15, -0.1) is 0 Å². The van der Waals surface area contributed by atoms with E-state index in [9.17, 15) is 9.59 Å². The average molecular weight is 681 g/mol. The number of hydrogen-bond donors (Lipinski definition) is 0. The fourth-order valence-corrected chi connectivity index (χ4v) is 6.41. The monoisotopic (exact) mass is 681 g/mol. The van der Waals surface area contributed by atoms with Crippen LogP contribution in [0.15, 0.2) is 24.3 Å². The van der Waals surface area contributed by atoms with Crippen LogP contribution in [0.5, 0.6) is 0 Å². The van der Waals surface area contributed by atoms with Crippen molar-refractivity contribution in [3.05, 3.63) is 24.3 Å². The Balaban J connectivity index is 3.99. The van der Waals surface area contributed by atoms with Crippen molar-refractivity contribution in [1.82, 2.24) is 9.80 Å². The molecule has 47 heavy (non-hydrogen) atoms. The van der Waals surface area contributed by atoms with Crippen LogP contribution in [-0.2, 0) is 19.1 Å². The lowest BCUT2D eigenvalue weighted by Crippen LogP contribution is -2.31. The quantitative estimate of drug-likeness (QED) is 0.0375. The molecule has 0 aromatic heterocycles. The minimum Gasteiger partial charge on any atom is -0.462 e. The molecule has 276 valence electrons. The first-order valence-electron chi connectivity index (χ1n) is 19.5. The predicted molar refractivity (Wildman–Crippen MR) is 205 cm³/mol. The molecule has 7 heteroatoms. The van der Waals surface area contributed by atoms with E-state index in [1.165, 1.54) is 109 Å². The van der Waals surface area contributed by atoms with Gasteiger partial charge in [0.2, 0.25) is 0 Å². The van der Waals surface area contributed by atoms with Gasteiger partial charge in [0.25, 0.3) is 0 Å². The Bertz CT molecular complexity index is 759. The van der Waals surface area contributed by atoms with Gasteiger partial charge in [-0.1, -0.05) is 116 Å². The molecular formula is C40H76N2O4S. The summed E-state index contributed by atoms with van der Waals surface area (Å²) in [5.41, 5.74) is 0. The molecule has 0 saturated heterocycles. The van der Waals surface area contributed by atoms with Crippen molar-refractivity contribution in [2.24, 2.45) is 5.92 Å². The molecule has 0 spiro atoms. The van der Waals surface area contributed by atoms with Gasteiger partial charge in [-0.25, -0.2) is 0 Å². The molecule has 6 nitrogen and oxygen atoms in total. The summed E-state index contributed by atoms with van der Waals surface area (Å²) in [4.78, 5) is 29.3. The first kappa shape index (κ1) is 45.7. The zero-order valence-electron chi connectivity index (χ0n) is 31.6. The van der Waals surface area contributed by atoms with Gasteiger partial charge in [0.05, 0.1) is 12.3 Å². The lowest BCUT2D eigenvalue weighted by Gasteiger charge is -2.23. The molecule has 0 rings (SSSR count). The molecule has 0 amide bonds. The third kappa shape index (κ3) is 34.4. The molecule has 0 aliphatic heterocycles. The lowest BCUT2D eigenvalue weighted by molar-refractivity contribution is -0.154. The highest BCUT2D eigenvalue weighted by Gasteiger charge is 2.15. The van der Waals surface area contributed by atoms with Gasteiger partial charge in [-0.05, 0) is 90.8 Å². The normalized spacial score (nSPS) is 12.6. The number of unbranched alkanes of at least 4 members (excludes halogenated alkanes) is 14. The third-order valence-electron chi connectivity index (χ3n) is 8.39. The van der Waals surface area contributed by atoms with E-state index >= 15 is 0 Å². The summed E-state index contributed by atoms with van der Waals surface area (Å²) in [7, 11) is 4.21. The number of esters is 2. The van der Waals surface area contributed by atoms with Crippen LogP contribution in [0.4, 0.5) is 0 Å². The zero-order chi connectivity index (χ0) is 34.6. The maximum Gasteiger partial charge on any atom is 0.309 e. The Labute approximate surface area is 296 Å². The fraction of sp³-hybridized carbons (Fsp3) is 0.850. The number of carbonyl (C=O) groups excluding carboxylic acids is 2. The maximum absolute atomic E-state index is 12.4. The fourth-order valence-electron chi connectivity index (χ4n) is 5.34. The van der Waals surface area contributed by atoms with Gasteiger partial charge in [-0.2, -0.15) is 11.8 Å². The second-order valence-corrected chi connectivity index (χ2v) is 14.6. The van der Waals surface area contributed by atoms with Gasteiger partial charge < -0.3 is 19.3 Å². The van der Waals surface area contributed by atoms with E-state index in [1.807, 2.05) is 18.7 Å². The average Bonchev–Trinajstić information content (AvgIpc) is 3.05. The molecule has 1 atom stereocenters. The summed E-state index contributed by atoms with van der Waals surface area (Å²) in [5, 5.41) is 0. The van der Waals surface area contributed by atoms with Crippen LogP contribution in [0, 0.1) is 5.92 Å². The molecule has 0 radical (unpaired) electrons. The van der Waals surface area contributed by atoms with Crippen LogP contribution < -0.4 is 0 Å². The molecule has 0 aromatic carbocycles. The molecule has 0 bridgehead atoms. The Kier molecular flexibility index (Phi) is 35.0. The Hall–Kier alpha value is -1.31. The number of ether oxygens (including phenoxy) is 2. The van der Waals surface area contributed by atoms with Gasteiger partial charge in [0.1, 0.15) is 13.2 Å². The molecule has 0 fully saturated rings. The molecule has 0 saturated carbocycles. The number of thioether (sulfide) groups is 1. The largest absolute Gasteiger partial charge is 0.462 e. The Morgan fingerprint density at radius 2 is 1.19 bits per heavy atom. The van der Waals surface area contributed by atoms with Crippen LogP contribution in [0.1, 0.15) is 149 Å². The topological polar surface area (TPSA) is 59.1 Å². The van der Waals surface area contributed by atoms with E-state index in [1.54, 1.807) is 0 Å². The van der Waals surface area contributed by atoms with Gasteiger partial charge in [-0.3, -0.25) is 9.59 Å². The molecule has 0 aliphatic rings. The molecule has 0 aliphatic carbocycles. The zero-order valence-corrected chi connectivity index (χ0v) is 32.4. The maximum atomic E-state index is 12.4. The van der Waals surface area contributed by atoms with E-state index in [-0.39, 0.29) is 31.1 Å². The van der Waals surface area contributed by atoms with Crippen molar-refractivity contribution in [2.45, 2.75) is 149 Å². The number of allylic oxidation sites excluding steroid dienone is 4. The van der Waals surface area contributed by atoms with Crippen LogP contribution in [0.2, 0.25) is 0 Å². The first-order valence-corrected chi connectivity index (χ1v) is 20.6. The summed E-state index contributed by atoms with van der Waals surface area (Å²) in [6.45, 7) is 10.5. The van der Waals surface area contributed by atoms with Crippen molar-refractivity contribution >= 4 is 23.7 Å². The second-order valence-electron chi connectivity index (χ2n) is 13.5. The van der Waals surface area contributed by atoms with Gasteiger partial charge in [0, 0.05) is 12.3 Å². The van der Waals surface area contributed by atoms with E-state index in [4.69, 9.17) is 9.47 Å². The highest BCUT2D eigenvalue weighted by Crippen LogP contribution is 2.14. The van der Waals surface area contributed by atoms with Crippen molar-refractivity contribution in [2.75, 3.05) is 65.0 Å². The van der Waals surface area contributed by atoms with E-state index < -0.39 is 0 Å². The van der Waals surface area contributed by atoms with E-state index in [2.05, 4.69) is 62.0 Å². The number of carbonyl (C=O) groups is 2. The second kappa shape index (κ2) is 36.0. The summed E-state index contributed by atoms with van der Waals surface area (Å²) in [5.74, 6) is 1.34. The standard InChI is InChI=1S/C40H76N2O4S/c1-6-8-10-12-13-14-15-16-17-18-19-20-21-22-23-24-26-31-42(32-28-30-41(4)5)33-29-39(43)45-34-35-46-40(44)38(3)37-47-36-27-25-11-9-7-2/h13-14,16-17,38H,6-12,15,18-37H2,1-5H3/b14-13-,17-16-. The Morgan fingerprint density at radius 3 is 1.87 bits per heavy atom. The smallest absolute Gasteiger partial charge is 0.309 e. The Morgan fingerprint density at radius 1 is 0.638 bits per heavy atom. The third-order valence-corrected chi connectivity index (χ3v) is 9.70. The minimum atomic E-state index is -0.209. The van der Waals surface area contributed by atoms with Gasteiger partial charge in [0.15, 0.2) is 0 Å². The number of hydrogen-bond acceptors (Lipinski definition) is 7. The highest BCUT2D eigenvalue weighted by atomic mass is 32.2. The van der Waals surface area contributed by atoms with Crippen molar-refractivity contribution in [1.29, 1.82) is 0 Å². The number of nitrogens with zero attached hydrogens (tertiary/aromatic N) is 2. The molecule has 1 unspecified atom stereocenters. The summed E-state index contributed by atoms with van der Waals surface area (Å²) in [6.07, 6.45) is 33.6. The van der Waals surface area contributed by atoms with Gasteiger partial charge >= 0.3 is 11.9 Å². The SMILES string of the molecule is CCCCC/C=C\C/C=C\CCCCCCCCCN(CCCN(C)C)CCC(=O)OCCOC(=O)C(C)CSCCCCCCC. The van der Waals surface area contributed by atoms with Crippen molar-refractivity contribution < 1.29 is 19.1 Å². The molecular weight excluding hydrogens is 605 g/mol. The minimum absolute atomic E-state index is 0.132. The first-order chi connectivity index (χ1) is 22.9. The van der Waals surface area contributed by atoms with E-state index in [0.717, 1.165) is 50.5 Å². The highest BCUT2D eigenvalue weighted by molar-refractivity contribution is 7.99. The summed E-state index contributed by atoms with van der Waals surface area (Å²) in [6, 6.07) is 0. The van der Waals surface area contributed by atoms with Crippen molar-refractivity contribution in [3.63, 3.8) is 0 Å². The van der Waals surface area contributed by atoms with Crippen molar-refractivity contribution in [3.8, 4) is 0 Å². The van der Waals surface area contributed by atoms with Crippen LogP contribution in [0.3, 0.4) is 0 Å². The van der Waals surface area contributed by atoms with Crippen LogP contribution in [0.25, 0.3) is 0 Å². The summed E-state index contributed by atoms with van der Waals surface area (Å²) >= 11 is 1.83. The molecule has 0 heterocycles. The van der Waals surface area contributed by atoms with E-state index in [0.29, 0.717) is 6.42 Å². The molecule has 0 aromatic rings. The van der Waals surface area contributed by atoms with Crippen LogP contribution >= 0.6 is 11.8 Å². The predicted octanol–water partition coefficient (Wildman–Crippen LogP) is 10.3. The molecule has 0 N–H and O–H groups in total. The van der Waals surface area contributed by atoms with Crippen LogP contribution in [-0.4, -0.2) is 86.7 Å².